The van der Waals surface area contributed by atoms with Gasteiger partial charge in [-0.25, -0.2) is 0 Å². The summed E-state index contributed by atoms with van der Waals surface area (Å²) in [4.78, 5) is 12.8. The first-order valence-corrected chi connectivity index (χ1v) is 8.91. The van der Waals surface area contributed by atoms with Crippen molar-refractivity contribution in [3.63, 3.8) is 0 Å². The molecule has 0 atom stereocenters. The molecule has 0 aliphatic heterocycles. The van der Waals surface area contributed by atoms with Gasteiger partial charge in [-0.15, -0.1) is 0 Å². The van der Waals surface area contributed by atoms with Gasteiger partial charge in [-0.05, 0) is 17.5 Å². The summed E-state index contributed by atoms with van der Waals surface area (Å²) in [5.41, 5.74) is 0.469. The van der Waals surface area contributed by atoms with Crippen LogP contribution in [0.15, 0.2) is 60.7 Å². The number of aromatic hydroxyl groups is 1. The van der Waals surface area contributed by atoms with Gasteiger partial charge in [-0.1, -0.05) is 48.6 Å². The molecule has 156 valence electrons. The van der Waals surface area contributed by atoms with Crippen LogP contribution in [0, 0.1) is 0 Å². The van der Waals surface area contributed by atoms with Gasteiger partial charge < -0.3 is 20.3 Å². The number of carbonyl (C=O) groups excluding carboxylic acids is 1. The number of hydrogen-bond donors (Lipinski definition) is 3. The molecule has 0 aliphatic rings. The van der Waals surface area contributed by atoms with E-state index in [1.807, 2.05) is 30.3 Å². The van der Waals surface area contributed by atoms with Crippen LogP contribution in [0.3, 0.4) is 0 Å². The highest BCUT2D eigenvalue weighted by molar-refractivity contribution is 6.10. The quantitative estimate of drug-likeness (QED) is 0.541. The fraction of sp³-hybridized carbons (Fsp3) is 0.136. The van der Waals surface area contributed by atoms with E-state index in [-0.39, 0.29) is 23.5 Å². The van der Waals surface area contributed by atoms with E-state index < -0.39 is 24.4 Å². The number of nitrogens with one attached hydrogen (secondary N) is 1. The average Bonchev–Trinajstić information content (AvgIpc) is 2.71. The molecule has 8 heteroatoms. The molecule has 3 aromatic rings. The van der Waals surface area contributed by atoms with Crippen molar-refractivity contribution in [3.8, 4) is 11.5 Å². The molecule has 5 nitrogen and oxygen atoms in total. The van der Waals surface area contributed by atoms with Gasteiger partial charge in [0.1, 0.15) is 11.5 Å². The van der Waals surface area contributed by atoms with E-state index in [2.05, 4.69) is 5.32 Å². The lowest BCUT2D eigenvalue weighted by atomic mass is 10.1. The van der Waals surface area contributed by atoms with Gasteiger partial charge >= 0.3 is 6.18 Å². The van der Waals surface area contributed by atoms with E-state index >= 15 is 0 Å². The predicted molar refractivity (Wildman–Crippen MR) is 108 cm³/mol. The highest BCUT2D eigenvalue weighted by Crippen LogP contribution is 2.32. The number of benzene rings is 3. The topological polar surface area (TPSA) is 78.8 Å². The zero-order valence-corrected chi connectivity index (χ0v) is 15.6. The van der Waals surface area contributed by atoms with E-state index in [1.165, 1.54) is 18.2 Å². The Kier molecular flexibility index (Phi) is 6.27. The lowest BCUT2D eigenvalue weighted by molar-refractivity contribution is -0.153. The number of anilines is 1. The van der Waals surface area contributed by atoms with Crippen LogP contribution in [0.25, 0.3) is 16.8 Å². The number of aliphatic hydroxyl groups excluding tert-OH is 1. The highest BCUT2D eigenvalue weighted by Gasteiger charge is 2.29. The van der Waals surface area contributed by atoms with Crippen LogP contribution in [0.2, 0.25) is 0 Å². The highest BCUT2D eigenvalue weighted by atomic mass is 19.4. The lowest BCUT2D eigenvalue weighted by Gasteiger charge is -2.15. The largest absolute Gasteiger partial charge is 0.507 e. The summed E-state index contributed by atoms with van der Waals surface area (Å²) >= 11 is 0. The van der Waals surface area contributed by atoms with Crippen LogP contribution >= 0.6 is 0 Å². The number of halogens is 3. The summed E-state index contributed by atoms with van der Waals surface area (Å²) in [5, 5.41) is 23.6. The van der Waals surface area contributed by atoms with E-state index in [4.69, 9.17) is 9.84 Å². The van der Waals surface area contributed by atoms with Crippen LogP contribution in [-0.4, -0.2) is 35.5 Å². The molecule has 3 rings (SSSR count). The Hall–Kier alpha value is -3.52. The molecule has 0 fully saturated rings. The molecule has 0 heterocycles. The number of ether oxygens (including phenoxy) is 1. The minimum atomic E-state index is -4.57. The van der Waals surface area contributed by atoms with Gasteiger partial charge in [0.2, 0.25) is 0 Å². The standard InChI is InChI=1S/C22H18F3NO4/c23-22(24,25)13-30-20-12-19(28)17(11-15(20)7-4-10-27)21(29)26-18-9-3-6-14-5-1-2-8-16(14)18/h1-9,11-12,27-28H,10,13H2,(H,26,29)/b7-4+. The number of hydrogen-bond acceptors (Lipinski definition) is 4. The van der Waals surface area contributed by atoms with Crippen LogP contribution < -0.4 is 10.1 Å². The number of phenolic OH excluding ortho intramolecular Hbond substituents is 1. The third-order valence-electron chi connectivity index (χ3n) is 4.20. The number of aliphatic hydroxyl groups is 1. The fourth-order valence-corrected chi connectivity index (χ4v) is 2.89. The van der Waals surface area contributed by atoms with E-state index in [0.717, 1.165) is 16.8 Å². The molecule has 3 N–H and O–H groups in total. The van der Waals surface area contributed by atoms with Crippen molar-refractivity contribution in [3.05, 3.63) is 71.8 Å². The number of rotatable bonds is 6. The third-order valence-corrected chi connectivity index (χ3v) is 4.20. The Bertz CT molecular complexity index is 1090. The van der Waals surface area contributed by atoms with Crippen molar-refractivity contribution < 1.29 is 32.9 Å². The second-order valence-corrected chi connectivity index (χ2v) is 6.38. The Balaban J connectivity index is 1.94. The number of amides is 1. The van der Waals surface area contributed by atoms with Crippen LogP contribution in [0.5, 0.6) is 11.5 Å². The molecule has 0 aliphatic carbocycles. The van der Waals surface area contributed by atoms with Gasteiger partial charge in [0, 0.05) is 22.7 Å². The van der Waals surface area contributed by atoms with Gasteiger partial charge in [-0.2, -0.15) is 13.2 Å². The second kappa shape index (κ2) is 8.87. The van der Waals surface area contributed by atoms with Gasteiger partial charge in [-0.3, -0.25) is 4.79 Å². The number of fused-ring (bicyclic) bond motifs is 1. The predicted octanol–water partition coefficient (Wildman–Crippen LogP) is 4.74. The van der Waals surface area contributed by atoms with Crippen molar-refractivity contribution in [2.24, 2.45) is 0 Å². The van der Waals surface area contributed by atoms with Gasteiger partial charge in [0.25, 0.3) is 5.91 Å². The summed E-state index contributed by atoms with van der Waals surface area (Å²) in [5.74, 6) is -1.45. The summed E-state index contributed by atoms with van der Waals surface area (Å²) in [6.45, 7) is -1.93. The molecule has 0 radical (unpaired) electrons. The molecule has 0 spiro atoms. The second-order valence-electron chi connectivity index (χ2n) is 6.38. The Morgan fingerprint density at radius 1 is 1.10 bits per heavy atom. The first-order valence-electron chi connectivity index (χ1n) is 8.91. The molecular weight excluding hydrogens is 399 g/mol. The summed E-state index contributed by atoms with van der Waals surface area (Å²) in [6.07, 6.45) is -1.99. The maximum absolute atomic E-state index is 12.8. The molecule has 0 bridgehead atoms. The molecule has 0 unspecified atom stereocenters. The van der Waals surface area contributed by atoms with Crippen molar-refractivity contribution in [2.75, 3.05) is 18.5 Å². The minimum Gasteiger partial charge on any atom is -0.507 e. The van der Waals surface area contributed by atoms with Crippen LogP contribution in [0.1, 0.15) is 15.9 Å². The van der Waals surface area contributed by atoms with E-state index in [9.17, 15) is 23.1 Å². The molecular formula is C22H18F3NO4. The van der Waals surface area contributed by atoms with Crippen molar-refractivity contribution in [2.45, 2.75) is 6.18 Å². The number of carbonyl (C=O) groups is 1. The first kappa shape index (κ1) is 21.2. The number of phenols is 1. The van der Waals surface area contributed by atoms with Crippen molar-refractivity contribution in [1.82, 2.24) is 0 Å². The molecule has 1 amide bonds. The molecule has 3 aromatic carbocycles. The van der Waals surface area contributed by atoms with Gasteiger partial charge in [0.05, 0.1) is 12.2 Å². The molecule has 0 saturated carbocycles. The summed E-state index contributed by atoms with van der Waals surface area (Å²) < 4.78 is 42.2. The lowest BCUT2D eigenvalue weighted by Crippen LogP contribution is -2.20. The Labute approximate surface area is 170 Å². The van der Waals surface area contributed by atoms with Crippen LogP contribution in [0.4, 0.5) is 18.9 Å². The first-order chi connectivity index (χ1) is 14.3. The van der Waals surface area contributed by atoms with Crippen molar-refractivity contribution in [1.29, 1.82) is 0 Å². The Morgan fingerprint density at radius 3 is 2.57 bits per heavy atom. The maximum Gasteiger partial charge on any atom is 0.422 e. The molecule has 0 aromatic heterocycles. The summed E-state index contributed by atoms with van der Waals surface area (Å²) in [6, 6.07) is 14.9. The normalized spacial score (nSPS) is 11.7. The summed E-state index contributed by atoms with van der Waals surface area (Å²) in [7, 11) is 0. The SMILES string of the molecule is O=C(Nc1cccc2ccccc12)c1cc(/C=C/CO)c(OCC(F)(F)F)cc1O. The van der Waals surface area contributed by atoms with Gasteiger partial charge in [0.15, 0.2) is 6.61 Å². The number of alkyl halides is 3. The smallest absolute Gasteiger partial charge is 0.422 e. The third kappa shape index (κ3) is 5.09. The van der Waals surface area contributed by atoms with Crippen LogP contribution in [-0.2, 0) is 0 Å². The average molecular weight is 417 g/mol. The molecule has 0 saturated heterocycles. The molecule has 30 heavy (non-hydrogen) atoms. The van der Waals surface area contributed by atoms with E-state index in [0.29, 0.717) is 5.69 Å². The minimum absolute atomic E-state index is 0.106. The zero-order chi connectivity index (χ0) is 21.7. The zero-order valence-electron chi connectivity index (χ0n) is 15.6. The Morgan fingerprint density at radius 2 is 1.83 bits per heavy atom. The van der Waals surface area contributed by atoms with E-state index in [1.54, 1.807) is 12.1 Å². The van der Waals surface area contributed by atoms with Crippen molar-refractivity contribution >= 4 is 28.4 Å². The monoisotopic (exact) mass is 417 g/mol. The fourth-order valence-electron chi connectivity index (χ4n) is 2.89. The maximum atomic E-state index is 12.8.